The zero-order chi connectivity index (χ0) is 13.7. The normalized spacial score (nSPS) is 11.4. The zero-order valence-corrected chi connectivity index (χ0v) is 11.4. The van der Waals surface area contributed by atoms with E-state index in [4.69, 9.17) is 12.2 Å². The van der Waals surface area contributed by atoms with Crippen LogP contribution in [0.1, 0.15) is 5.82 Å². The first kappa shape index (κ1) is 11.3. The molecule has 20 heavy (non-hydrogen) atoms. The number of nitrogens with one attached hydrogen (secondary N) is 1. The minimum atomic E-state index is 0.436. The maximum absolute atomic E-state index is 5.31. The third-order valence-corrected chi connectivity index (χ3v) is 3.41. The van der Waals surface area contributed by atoms with Crippen LogP contribution in [0, 0.1) is 11.7 Å². The molecule has 0 atom stereocenters. The number of aromatic nitrogens is 6. The summed E-state index contributed by atoms with van der Waals surface area (Å²) in [5.74, 6) is 0.790. The van der Waals surface area contributed by atoms with Gasteiger partial charge in [-0.1, -0.05) is 18.2 Å². The van der Waals surface area contributed by atoms with Crippen LogP contribution in [-0.2, 0) is 0 Å². The fourth-order valence-corrected chi connectivity index (χ4v) is 2.49. The Bertz CT molecular complexity index is 979. The first-order chi connectivity index (χ1) is 9.74. The summed E-state index contributed by atoms with van der Waals surface area (Å²) in [5, 5.41) is 8.34. The third-order valence-electron chi connectivity index (χ3n) is 3.14. The van der Waals surface area contributed by atoms with E-state index in [0.717, 1.165) is 22.5 Å². The molecule has 0 saturated heterocycles. The number of nitrogens with zero attached hydrogens (tertiary/aromatic N) is 5. The van der Waals surface area contributed by atoms with Gasteiger partial charge in [-0.15, -0.1) is 0 Å². The molecule has 1 N–H and O–H groups in total. The summed E-state index contributed by atoms with van der Waals surface area (Å²) < 4.78 is 3.91. The van der Waals surface area contributed by atoms with Crippen molar-refractivity contribution in [2.75, 3.05) is 0 Å². The molecule has 4 aromatic rings. The van der Waals surface area contributed by atoms with Gasteiger partial charge in [0.05, 0.1) is 17.3 Å². The van der Waals surface area contributed by atoms with Crippen LogP contribution in [-0.4, -0.2) is 29.4 Å². The lowest BCUT2D eigenvalue weighted by atomic mass is 10.3. The highest BCUT2D eigenvalue weighted by atomic mass is 32.1. The van der Waals surface area contributed by atoms with Crippen LogP contribution in [0.2, 0.25) is 0 Å². The monoisotopic (exact) mass is 282 g/mol. The largest absolute Gasteiger partial charge is 0.277 e. The summed E-state index contributed by atoms with van der Waals surface area (Å²) in [7, 11) is 0. The van der Waals surface area contributed by atoms with E-state index < -0.39 is 0 Å². The van der Waals surface area contributed by atoms with E-state index >= 15 is 0 Å². The Hall–Kier alpha value is -2.54. The molecule has 0 saturated carbocycles. The number of aromatic amines is 1. The predicted octanol–water partition coefficient (Wildman–Crippen LogP) is 2.43. The van der Waals surface area contributed by atoms with E-state index in [1.165, 1.54) is 0 Å². The molecule has 0 amide bonds. The number of hydrogen-bond donors (Lipinski definition) is 1. The fraction of sp³-hybridized carbons (Fsp3) is 0.0769. The Morgan fingerprint density at radius 2 is 1.90 bits per heavy atom. The lowest BCUT2D eigenvalue weighted by molar-refractivity contribution is 0.865. The third kappa shape index (κ3) is 1.50. The Kier molecular flexibility index (Phi) is 2.25. The van der Waals surface area contributed by atoms with Gasteiger partial charge >= 0.3 is 0 Å². The van der Waals surface area contributed by atoms with E-state index in [1.807, 2.05) is 37.3 Å². The number of benzene rings is 1. The van der Waals surface area contributed by atoms with Gasteiger partial charge in [-0.05, 0) is 31.3 Å². The maximum atomic E-state index is 5.31. The smallest absolute Gasteiger partial charge is 0.222 e. The minimum absolute atomic E-state index is 0.436. The molecule has 4 rings (SSSR count). The molecule has 6 nitrogen and oxygen atoms in total. The highest BCUT2D eigenvalue weighted by molar-refractivity contribution is 7.71. The van der Waals surface area contributed by atoms with Gasteiger partial charge in [0.2, 0.25) is 4.77 Å². The van der Waals surface area contributed by atoms with Crippen LogP contribution in [0.15, 0.2) is 36.5 Å². The second-order valence-electron chi connectivity index (χ2n) is 4.49. The van der Waals surface area contributed by atoms with Crippen molar-refractivity contribution in [3.63, 3.8) is 0 Å². The van der Waals surface area contributed by atoms with Gasteiger partial charge < -0.3 is 0 Å². The molecule has 7 heteroatoms. The molecule has 0 fully saturated rings. The number of hydrogen-bond acceptors (Lipinski definition) is 4. The molecule has 3 heterocycles. The summed E-state index contributed by atoms with van der Waals surface area (Å²) in [6, 6.07) is 9.84. The van der Waals surface area contributed by atoms with Crippen molar-refractivity contribution in [3.8, 4) is 5.69 Å². The van der Waals surface area contributed by atoms with Gasteiger partial charge in [0, 0.05) is 0 Å². The SMILES string of the molecule is Cc1nc2c3cnn(-c4ccccc4)c3nc(=S)n2[nH]1. The molecule has 0 aliphatic heterocycles. The maximum Gasteiger partial charge on any atom is 0.222 e. The highest BCUT2D eigenvalue weighted by Crippen LogP contribution is 2.19. The number of H-pyrrole nitrogens is 1. The molecule has 0 radical (unpaired) electrons. The zero-order valence-electron chi connectivity index (χ0n) is 10.6. The van der Waals surface area contributed by atoms with Crippen molar-refractivity contribution >= 4 is 28.9 Å². The summed E-state index contributed by atoms with van der Waals surface area (Å²) in [5.41, 5.74) is 2.41. The fourth-order valence-electron chi connectivity index (χ4n) is 2.27. The minimum Gasteiger partial charge on any atom is -0.277 e. The second-order valence-corrected chi connectivity index (χ2v) is 4.86. The molecular weight excluding hydrogens is 272 g/mol. The van der Waals surface area contributed by atoms with Crippen LogP contribution in [0.3, 0.4) is 0 Å². The van der Waals surface area contributed by atoms with Crippen LogP contribution in [0.5, 0.6) is 0 Å². The van der Waals surface area contributed by atoms with Gasteiger partial charge in [-0.25, -0.2) is 14.2 Å². The molecule has 0 spiro atoms. The van der Waals surface area contributed by atoms with Crippen molar-refractivity contribution in [3.05, 3.63) is 47.1 Å². The van der Waals surface area contributed by atoms with E-state index in [9.17, 15) is 0 Å². The topological polar surface area (TPSA) is 63.8 Å². The van der Waals surface area contributed by atoms with E-state index in [-0.39, 0.29) is 0 Å². The summed E-state index contributed by atoms with van der Waals surface area (Å²) in [4.78, 5) is 8.92. The standard InChI is InChI=1S/C13H10N6S/c1-8-15-11-10-7-14-18(9-5-3-2-4-6-9)12(10)16-13(20)19(11)17-8/h2-7H,1H3,(H,15,17). The van der Waals surface area contributed by atoms with Gasteiger partial charge in [0.25, 0.3) is 0 Å². The van der Waals surface area contributed by atoms with Crippen LogP contribution >= 0.6 is 12.2 Å². The van der Waals surface area contributed by atoms with Crippen LogP contribution in [0.4, 0.5) is 0 Å². The van der Waals surface area contributed by atoms with Crippen molar-refractivity contribution in [1.82, 2.24) is 29.4 Å². The average Bonchev–Trinajstić information content (AvgIpc) is 3.03. The van der Waals surface area contributed by atoms with Crippen LogP contribution in [0.25, 0.3) is 22.4 Å². The lowest BCUT2D eigenvalue weighted by Crippen LogP contribution is -2.00. The molecule has 0 aliphatic rings. The Morgan fingerprint density at radius 1 is 1.10 bits per heavy atom. The Labute approximate surface area is 118 Å². The van der Waals surface area contributed by atoms with Crippen LogP contribution < -0.4 is 0 Å². The Morgan fingerprint density at radius 3 is 2.70 bits per heavy atom. The van der Waals surface area contributed by atoms with Crippen molar-refractivity contribution in [2.45, 2.75) is 6.92 Å². The summed E-state index contributed by atoms with van der Waals surface area (Å²) in [6.45, 7) is 1.88. The molecule has 98 valence electrons. The van der Waals surface area contributed by atoms with E-state index in [0.29, 0.717) is 10.4 Å². The molecule has 1 aromatic carbocycles. The number of rotatable bonds is 1. The quantitative estimate of drug-likeness (QED) is 0.545. The first-order valence-electron chi connectivity index (χ1n) is 6.12. The van der Waals surface area contributed by atoms with Gasteiger partial charge in [-0.3, -0.25) is 5.10 Å². The average molecular weight is 282 g/mol. The second kappa shape index (κ2) is 3.97. The van der Waals surface area contributed by atoms with Crippen molar-refractivity contribution < 1.29 is 0 Å². The summed E-state index contributed by atoms with van der Waals surface area (Å²) >= 11 is 5.31. The molecular formula is C13H10N6S. The molecule has 0 aliphatic carbocycles. The van der Waals surface area contributed by atoms with Crippen molar-refractivity contribution in [2.24, 2.45) is 0 Å². The van der Waals surface area contributed by atoms with Crippen molar-refractivity contribution in [1.29, 1.82) is 0 Å². The number of aryl methyl sites for hydroxylation is 1. The first-order valence-corrected chi connectivity index (χ1v) is 6.53. The lowest BCUT2D eigenvalue weighted by Gasteiger charge is -2.02. The predicted molar refractivity (Wildman–Crippen MR) is 77.5 cm³/mol. The van der Waals surface area contributed by atoms with Gasteiger partial charge in [0.15, 0.2) is 11.3 Å². The Balaban J connectivity index is 2.14. The van der Waals surface area contributed by atoms with Gasteiger partial charge in [0.1, 0.15) is 5.82 Å². The highest BCUT2D eigenvalue weighted by Gasteiger charge is 2.12. The summed E-state index contributed by atoms with van der Waals surface area (Å²) in [6.07, 6.45) is 1.76. The van der Waals surface area contributed by atoms with E-state index in [1.54, 1.807) is 15.4 Å². The molecule has 3 aromatic heterocycles. The molecule has 0 unspecified atom stereocenters. The van der Waals surface area contributed by atoms with Gasteiger partial charge in [-0.2, -0.15) is 10.1 Å². The van der Waals surface area contributed by atoms with E-state index in [2.05, 4.69) is 20.2 Å². The number of fused-ring (bicyclic) bond motifs is 3. The molecule has 0 bridgehead atoms. The number of para-hydroxylation sites is 1.